The van der Waals surface area contributed by atoms with Crippen LogP contribution in [0.2, 0.25) is 0 Å². The zero-order chi connectivity index (χ0) is 18.0. The van der Waals surface area contributed by atoms with Crippen LogP contribution in [-0.4, -0.2) is 13.0 Å². The van der Waals surface area contributed by atoms with E-state index in [4.69, 9.17) is 13.6 Å². The van der Waals surface area contributed by atoms with Crippen LogP contribution >= 0.6 is 0 Å². The molecule has 3 aromatic rings. The molecule has 2 heterocycles. The van der Waals surface area contributed by atoms with E-state index in [0.717, 1.165) is 16.5 Å². The minimum Gasteiger partial charge on any atom is -0.496 e. The van der Waals surface area contributed by atoms with Gasteiger partial charge in [-0.15, -0.1) is 0 Å². The molecule has 0 spiro atoms. The average molecular weight is 341 g/mol. The van der Waals surface area contributed by atoms with Gasteiger partial charge in [0.25, 0.3) is 0 Å². The molecular formula is C19H19NO5. The fourth-order valence-corrected chi connectivity index (χ4v) is 2.82. The number of furan rings is 1. The number of benzene rings is 1. The molecule has 0 aliphatic heterocycles. The van der Waals surface area contributed by atoms with Crippen molar-refractivity contribution in [3.8, 4) is 5.75 Å². The number of hydrogen-bond acceptors (Lipinski definition) is 5. The van der Waals surface area contributed by atoms with Gasteiger partial charge in [0.2, 0.25) is 5.91 Å². The van der Waals surface area contributed by atoms with Crippen LogP contribution in [0.4, 0.5) is 0 Å². The van der Waals surface area contributed by atoms with Crippen LogP contribution in [0, 0.1) is 13.8 Å². The summed E-state index contributed by atoms with van der Waals surface area (Å²) in [4.78, 5) is 24.5. The summed E-state index contributed by atoms with van der Waals surface area (Å²) in [5, 5.41) is 3.53. The van der Waals surface area contributed by atoms with Crippen molar-refractivity contribution >= 4 is 16.9 Å². The molecule has 0 saturated heterocycles. The molecule has 0 saturated carbocycles. The summed E-state index contributed by atoms with van der Waals surface area (Å²) in [7, 11) is 1.57. The topological polar surface area (TPSA) is 81.7 Å². The Bertz CT molecular complexity index is 970. The van der Waals surface area contributed by atoms with E-state index in [2.05, 4.69) is 5.32 Å². The Balaban J connectivity index is 1.89. The summed E-state index contributed by atoms with van der Waals surface area (Å²) in [5.41, 5.74) is 1.84. The molecular weight excluding hydrogens is 322 g/mol. The third-order valence-corrected chi connectivity index (χ3v) is 4.25. The van der Waals surface area contributed by atoms with Gasteiger partial charge in [-0.05, 0) is 43.7 Å². The van der Waals surface area contributed by atoms with Gasteiger partial charge >= 0.3 is 5.63 Å². The molecule has 1 N–H and O–H groups in total. The molecule has 0 radical (unpaired) electrons. The number of hydrogen-bond donors (Lipinski definition) is 1. The minimum absolute atomic E-state index is 0.0457. The van der Waals surface area contributed by atoms with E-state index in [1.165, 1.54) is 0 Å². The van der Waals surface area contributed by atoms with Crippen molar-refractivity contribution in [3.05, 3.63) is 63.4 Å². The van der Waals surface area contributed by atoms with E-state index < -0.39 is 5.63 Å². The summed E-state index contributed by atoms with van der Waals surface area (Å²) in [5.74, 6) is 1.04. The van der Waals surface area contributed by atoms with Gasteiger partial charge in [-0.3, -0.25) is 4.79 Å². The monoisotopic (exact) mass is 341 g/mol. The lowest BCUT2D eigenvalue weighted by molar-refractivity contribution is -0.120. The molecule has 0 unspecified atom stereocenters. The maximum absolute atomic E-state index is 12.4. The predicted molar refractivity (Wildman–Crippen MR) is 92.8 cm³/mol. The zero-order valence-electron chi connectivity index (χ0n) is 14.3. The molecule has 130 valence electrons. The molecule has 1 amide bonds. The van der Waals surface area contributed by atoms with Gasteiger partial charge in [0.15, 0.2) is 0 Å². The molecule has 3 rings (SSSR count). The van der Waals surface area contributed by atoms with Crippen molar-refractivity contribution in [3.63, 3.8) is 0 Å². The van der Waals surface area contributed by atoms with Gasteiger partial charge in [0.1, 0.15) is 17.1 Å². The van der Waals surface area contributed by atoms with Crippen molar-refractivity contribution in [1.29, 1.82) is 0 Å². The first-order chi connectivity index (χ1) is 12.0. The van der Waals surface area contributed by atoms with Crippen LogP contribution in [-0.2, 0) is 17.8 Å². The van der Waals surface area contributed by atoms with Crippen LogP contribution in [0.1, 0.15) is 22.5 Å². The van der Waals surface area contributed by atoms with Crippen molar-refractivity contribution in [2.24, 2.45) is 0 Å². The molecule has 0 atom stereocenters. The Labute approximate surface area is 144 Å². The number of amides is 1. The van der Waals surface area contributed by atoms with E-state index in [0.29, 0.717) is 22.7 Å². The molecule has 0 fully saturated rings. The maximum Gasteiger partial charge on any atom is 0.340 e. The normalized spacial score (nSPS) is 10.8. The molecule has 2 aromatic heterocycles. The number of aryl methyl sites for hydroxylation is 2. The van der Waals surface area contributed by atoms with E-state index >= 15 is 0 Å². The summed E-state index contributed by atoms with van der Waals surface area (Å²) in [6.07, 6.45) is 1.50. The van der Waals surface area contributed by atoms with Crippen LogP contribution in [0.15, 0.2) is 44.2 Å². The molecule has 1 aromatic carbocycles. The minimum atomic E-state index is -0.505. The molecule has 6 heteroatoms. The van der Waals surface area contributed by atoms with E-state index in [-0.39, 0.29) is 18.9 Å². The Hall–Kier alpha value is -3.02. The number of carbonyl (C=O) groups is 1. The molecule has 0 aliphatic carbocycles. The number of fused-ring (bicyclic) bond motifs is 1. The van der Waals surface area contributed by atoms with E-state index in [1.807, 2.05) is 26.0 Å². The van der Waals surface area contributed by atoms with Crippen LogP contribution < -0.4 is 15.7 Å². The lowest BCUT2D eigenvalue weighted by Crippen LogP contribution is -2.27. The van der Waals surface area contributed by atoms with Crippen molar-refractivity contribution < 1.29 is 18.4 Å². The lowest BCUT2D eigenvalue weighted by Gasteiger charge is -2.11. The summed E-state index contributed by atoms with van der Waals surface area (Å²) in [6, 6.07) is 7.18. The Morgan fingerprint density at radius 2 is 2.00 bits per heavy atom. The van der Waals surface area contributed by atoms with Gasteiger partial charge in [-0.1, -0.05) is 0 Å². The second-order valence-electron chi connectivity index (χ2n) is 5.80. The molecule has 0 bridgehead atoms. The average Bonchev–Trinajstić information content (AvgIpc) is 3.11. The van der Waals surface area contributed by atoms with Gasteiger partial charge in [-0.25, -0.2) is 4.79 Å². The van der Waals surface area contributed by atoms with Gasteiger partial charge in [0, 0.05) is 10.9 Å². The van der Waals surface area contributed by atoms with Crippen molar-refractivity contribution in [2.75, 3.05) is 7.11 Å². The van der Waals surface area contributed by atoms with Gasteiger partial charge in [-0.2, -0.15) is 0 Å². The van der Waals surface area contributed by atoms with Crippen molar-refractivity contribution in [1.82, 2.24) is 5.32 Å². The summed E-state index contributed by atoms with van der Waals surface area (Å²) >= 11 is 0. The maximum atomic E-state index is 12.4. The molecule has 6 nitrogen and oxygen atoms in total. The zero-order valence-corrected chi connectivity index (χ0v) is 14.3. The quantitative estimate of drug-likeness (QED) is 0.722. The highest BCUT2D eigenvalue weighted by molar-refractivity contribution is 5.87. The smallest absolute Gasteiger partial charge is 0.340 e. The number of ether oxygens (including phenoxy) is 1. The third-order valence-electron chi connectivity index (χ3n) is 4.25. The second-order valence-corrected chi connectivity index (χ2v) is 5.80. The van der Waals surface area contributed by atoms with E-state index in [1.54, 1.807) is 25.5 Å². The fourth-order valence-electron chi connectivity index (χ4n) is 2.82. The fraction of sp³-hybridized carbons (Fsp3) is 0.263. The summed E-state index contributed by atoms with van der Waals surface area (Å²) < 4.78 is 15.9. The second kappa shape index (κ2) is 6.84. The Morgan fingerprint density at radius 3 is 2.68 bits per heavy atom. The van der Waals surface area contributed by atoms with Crippen molar-refractivity contribution in [2.45, 2.75) is 26.8 Å². The summed E-state index contributed by atoms with van der Waals surface area (Å²) in [6.45, 7) is 3.93. The molecule has 25 heavy (non-hydrogen) atoms. The SMILES string of the molecule is COc1ccc2c(C)c(CC(=O)NCc3ccco3)c(=O)oc2c1C. The highest BCUT2D eigenvalue weighted by Crippen LogP contribution is 2.29. The first-order valence-corrected chi connectivity index (χ1v) is 7.90. The van der Waals surface area contributed by atoms with Crippen LogP contribution in [0.25, 0.3) is 11.0 Å². The number of methoxy groups -OCH3 is 1. The number of rotatable bonds is 5. The first-order valence-electron chi connectivity index (χ1n) is 7.90. The Kier molecular flexibility index (Phi) is 4.61. The highest BCUT2D eigenvalue weighted by Gasteiger charge is 2.17. The van der Waals surface area contributed by atoms with E-state index in [9.17, 15) is 9.59 Å². The largest absolute Gasteiger partial charge is 0.496 e. The number of carbonyl (C=O) groups excluding carboxylic acids is 1. The molecule has 0 aliphatic rings. The highest BCUT2D eigenvalue weighted by atomic mass is 16.5. The standard InChI is InChI=1S/C19H19NO5/c1-11-14-6-7-16(23-3)12(2)18(14)25-19(22)15(11)9-17(21)20-10-13-5-4-8-24-13/h4-8H,9-10H2,1-3H3,(H,20,21). The van der Waals surface area contributed by atoms with Crippen LogP contribution in [0.5, 0.6) is 5.75 Å². The van der Waals surface area contributed by atoms with Gasteiger partial charge < -0.3 is 18.9 Å². The van der Waals surface area contributed by atoms with Gasteiger partial charge in [0.05, 0.1) is 31.9 Å². The lowest BCUT2D eigenvalue weighted by atomic mass is 10.0. The third kappa shape index (κ3) is 3.28. The number of nitrogens with one attached hydrogen (secondary N) is 1. The first kappa shape index (κ1) is 16.8. The predicted octanol–water partition coefficient (Wildman–Crippen LogP) is 2.87. The van der Waals surface area contributed by atoms with Crippen LogP contribution in [0.3, 0.4) is 0 Å². The Morgan fingerprint density at radius 1 is 1.20 bits per heavy atom.